The molecule has 5 heteroatoms. The van der Waals surface area contributed by atoms with E-state index in [1.807, 2.05) is 0 Å². The van der Waals surface area contributed by atoms with E-state index in [1.165, 1.54) is 12.3 Å². The first-order chi connectivity index (χ1) is 8.22. The Morgan fingerprint density at radius 1 is 1.41 bits per heavy atom. The number of aromatic carboxylic acids is 1. The number of aromatic nitrogens is 1. The van der Waals surface area contributed by atoms with Gasteiger partial charge in [-0.05, 0) is 24.3 Å². The van der Waals surface area contributed by atoms with E-state index in [-0.39, 0.29) is 5.56 Å². The van der Waals surface area contributed by atoms with Crippen LogP contribution in [-0.2, 0) is 0 Å². The summed E-state index contributed by atoms with van der Waals surface area (Å²) in [4.78, 5) is 15.2. The zero-order chi connectivity index (χ0) is 12.3. The monoisotopic (exact) mass is 251 g/mol. The van der Waals surface area contributed by atoms with Crippen LogP contribution in [0.25, 0.3) is 10.9 Å². The highest BCUT2D eigenvalue weighted by Crippen LogP contribution is 2.22. The molecule has 0 amide bonds. The first-order valence-corrected chi connectivity index (χ1v) is 5.56. The standard InChI is InChI=1S/C12H10ClNO3/c13-4-6-17-8-1-2-11-10(7-8)9(12(15)16)3-5-14-11/h1-3,5,7H,4,6H2,(H,15,16). The Morgan fingerprint density at radius 2 is 2.24 bits per heavy atom. The van der Waals surface area contributed by atoms with E-state index in [4.69, 9.17) is 21.4 Å². The molecule has 88 valence electrons. The molecule has 0 radical (unpaired) electrons. The third-order valence-electron chi connectivity index (χ3n) is 2.29. The van der Waals surface area contributed by atoms with Crippen LogP contribution < -0.4 is 4.74 Å². The minimum atomic E-state index is -0.980. The summed E-state index contributed by atoms with van der Waals surface area (Å²) in [5, 5.41) is 9.62. The first-order valence-electron chi connectivity index (χ1n) is 5.03. The molecular formula is C12H10ClNO3. The molecule has 0 unspecified atom stereocenters. The van der Waals surface area contributed by atoms with Gasteiger partial charge in [-0.25, -0.2) is 4.79 Å². The molecule has 0 saturated carbocycles. The molecule has 17 heavy (non-hydrogen) atoms. The summed E-state index contributed by atoms with van der Waals surface area (Å²) in [5.74, 6) is -0.00261. The predicted octanol–water partition coefficient (Wildman–Crippen LogP) is 2.55. The molecule has 0 atom stereocenters. The van der Waals surface area contributed by atoms with Crippen molar-refractivity contribution in [3.63, 3.8) is 0 Å². The number of rotatable bonds is 4. The van der Waals surface area contributed by atoms with Gasteiger partial charge in [-0.3, -0.25) is 4.98 Å². The Kier molecular flexibility index (Phi) is 3.44. The highest BCUT2D eigenvalue weighted by atomic mass is 35.5. The molecule has 0 fully saturated rings. The Bertz CT molecular complexity index is 556. The Balaban J connectivity index is 2.50. The lowest BCUT2D eigenvalue weighted by Gasteiger charge is -2.06. The zero-order valence-corrected chi connectivity index (χ0v) is 9.65. The van der Waals surface area contributed by atoms with E-state index >= 15 is 0 Å². The van der Waals surface area contributed by atoms with Crippen molar-refractivity contribution in [3.05, 3.63) is 36.0 Å². The number of hydrogen-bond acceptors (Lipinski definition) is 3. The molecule has 1 aromatic heterocycles. The average molecular weight is 252 g/mol. The molecule has 2 aromatic rings. The van der Waals surface area contributed by atoms with Gasteiger partial charge in [-0.1, -0.05) is 0 Å². The minimum Gasteiger partial charge on any atom is -0.492 e. The summed E-state index contributed by atoms with van der Waals surface area (Å²) in [6.45, 7) is 0.385. The lowest BCUT2D eigenvalue weighted by molar-refractivity contribution is 0.0699. The van der Waals surface area contributed by atoms with Crippen LogP contribution >= 0.6 is 11.6 Å². The molecule has 4 nitrogen and oxygen atoms in total. The van der Waals surface area contributed by atoms with E-state index < -0.39 is 5.97 Å². The number of ether oxygens (including phenoxy) is 1. The van der Waals surface area contributed by atoms with Gasteiger partial charge in [0.2, 0.25) is 0 Å². The van der Waals surface area contributed by atoms with Gasteiger partial charge in [-0.2, -0.15) is 0 Å². The number of halogens is 1. The fraction of sp³-hybridized carbons (Fsp3) is 0.167. The Hall–Kier alpha value is -1.81. The van der Waals surface area contributed by atoms with E-state index in [0.717, 1.165) is 0 Å². The number of benzene rings is 1. The highest BCUT2D eigenvalue weighted by molar-refractivity contribution is 6.18. The van der Waals surface area contributed by atoms with Crippen molar-refractivity contribution in [2.45, 2.75) is 0 Å². The van der Waals surface area contributed by atoms with Crippen LogP contribution in [0.15, 0.2) is 30.5 Å². The van der Waals surface area contributed by atoms with Crippen molar-refractivity contribution in [2.75, 3.05) is 12.5 Å². The van der Waals surface area contributed by atoms with Gasteiger partial charge in [0.15, 0.2) is 0 Å². The van der Waals surface area contributed by atoms with Crippen LogP contribution in [0.1, 0.15) is 10.4 Å². The zero-order valence-electron chi connectivity index (χ0n) is 8.89. The van der Waals surface area contributed by atoms with Gasteiger partial charge in [0.1, 0.15) is 12.4 Å². The fourth-order valence-electron chi connectivity index (χ4n) is 1.56. The maximum Gasteiger partial charge on any atom is 0.336 e. The minimum absolute atomic E-state index is 0.214. The largest absolute Gasteiger partial charge is 0.492 e. The third kappa shape index (κ3) is 2.47. The molecule has 1 N–H and O–H groups in total. The van der Waals surface area contributed by atoms with E-state index in [9.17, 15) is 4.79 Å². The number of pyridine rings is 1. The van der Waals surface area contributed by atoms with E-state index in [1.54, 1.807) is 18.2 Å². The van der Waals surface area contributed by atoms with Crippen molar-refractivity contribution >= 4 is 28.5 Å². The van der Waals surface area contributed by atoms with Crippen LogP contribution in [0.5, 0.6) is 5.75 Å². The van der Waals surface area contributed by atoms with Crippen LogP contribution in [0.3, 0.4) is 0 Å². The normalized spacial score (nSPS) is 10.4. The molecule has 1 heterocycles. The van der Waals surface area contributed by atoms with Crippen LogP contribution in [0.4, 0.5) is 0 Å². The van der Waals surface area contributed by atoms with Crippen LogP contribution in [0, 0.1) is 0 Å². The first kappa shape index (κ1) is 11.7. The predicted molar refractivity (Wildman–Crippen MR) is 64.9 cm³/mol. The second-order valence-electron chi connectivity index (χ2n) is 3.38. The number of carboxylic acids is 1. The summed E-state index contributed by atoms with van der Waals surface area (Å²) in [7, 11) is 0. The maximum atomic E-state index is 11.1. The molecule has 0 aliphatic carbocycles. The number of hydrogen-bond donors (Lipinski definition) is 1. The molecule has 0 bridgehead atoms. The van der Waals surface area contributed by atoms with Crippen molar-refractivity contribution in [1.29, 1.82) is 0 Å². The molecule has 0 saturated heterocycles. The molecular weight excluding hydrogens is 242 g/mol. The van der Waals surface area contributed by atoms with Crippen molar-refractivity contribution < 1.29 is 14.6 Å². The summed E-state index contributed by atoms with van der Waals surface area (Å²) >= 11 is 5.52. The van der Waals surface area contributed by atoms with Crippen LogP contribution in [-0.4, -0.2) is 28.5 Å². The van der Waals surface area contributed by atoms with Gasteiger partial charge in [0.05, 0.1) is 17.0 Å². The summed E-state index contributed by atoms with van der Waals surface area (Å²) < 4.78 is 5.35. The van der Waals surface area contributed by atoms with Crippen LogP contribution in [0.2, 0.25) is 0 Å². The molecule has 0 aliphatic heterocycles. The summed E-state index contributed by atoms with van der Waals surface area (Å²) in [5.41, 5.74) is 0.842. The van der Waals surface area contributed by atoms with Gasteiger partial charge in [0, 0.05) is 11.6 Å². The number of nitrogens with zero attached hydrogens (tertiary/aromatic N) is 1. The number of carboxylic acid groups (broad SMARTS) is 1. The van der Waals surface area contributed by atoms with Crippen molar-refractivity contribution in [1.82, 2.24) is 4.98 Å². The second-order valence-corrected chi connectivity index (χ2v) is 3.76. The van der Waals surface area contributed by atoms with Crippen molar-refractivity contribution in [2.24, 2.45) is 0 Å². The van der Waals surface area contributed by atoms with E-state index in [2.05, 4.69) is 4.98 Å². The Labute approximate surface area is 103 Å². The van der Waals surface area contributed by atoms with Gasteiger partial charge in [0.25, 0.3) is 0 Å². The average Bonchev–Trinajstić information content (AvgIpc) is 2.35. The SMILES string of the molecule is O=C(O)c1ccnc2ccc(OCCCl)cc12. The molecule has 2 rings (SSSR count). The second kappa shape index (κ2) is 5.01. The van der Waals surface area contributed by atoms with Gasteiger partial charge in [-0.15, -0.1) is 11.6 Å². The summed E-state index contributed by atoms with van der Waals surface area (Å²) in [6.07, 6.45) is 1.48. The maximum absolute atomic E-state index is 11.1. The lowest BCUT2D eigenvalue weighted by Crippen LogP contribution is -2.00. The number of carbonyl (C=O) groups is 1. The molecule has 0 spiro atoms. The summed E-state index contributed by atoms with van der Waals surface area (Å²) in [6, 6.07) is 6.60. The number of alkyl halides is 1. The third-order valence-corrected chi connectivity index (χ3v) is 2.44. The Morgan fingerprint density at radius 3 is 2.94 bits per heavy atom. The van der Waals surface area contributed by atoms with Crippen molar-refractivity contribution in [3.8, 4) is 5.75 Å². The van der Waals surface area contributed by atoms with Gasteiger partial charge < -0.3 is 9.84 Å². The number of fused-ring (bicyclic) bond motifs is 1. The topological polar surface area (TPSA) is 59.4 Å². The molecule has 0 aliphatic rings. The lowest BCUT2D eigenvalue weighted by atomic mass is 10.1. The molecule has 1 aromatic carbocycles. The fourth-order valence-corrected chi connectivity index (χ4v) is 1.64. The van der Waals surface area contributed by atoms with E-state index in [0.29, 0.717) is 29.1 Å². The smallest absolute Gasteiger partial charge is 0.336 e. The highest BCUT2D eigenvalue weighted by Gasteiger charge is 2.09. The quantitative estimate of drug-likeness (QED) is 0.849. The van der Waals surface area contributed by atoms with Gasteiger partial charge >= 0.3 is 5.97 Å².